The summed E-state index contributed by atoms with van der Waals surface area (Å²) in [7, 11) is 4.65. The molecule has 0 unspecified atom stereocenters. The number of nitro groups is 1. The smallest absolute Gasteiger partial charge is 0.287 e. The highest BCUT2D eigenvalue weighted by molar-refractivity contribution is 5.55. The van der Waals surface area contributed by atoms with Crippen LogP contribution < -0.4 is 19.5 Å². The maximum Gasteiger partial charge on any atom is 0.287 e. The molecule has 0 atom stereocenters. The van der Waals surface area contributed by atoms with Crippen LogP contribution in [0.2, 0.25) is 0 Å². The predicted octanol–water partition coefficient (Wildman–Crippen LogP) is 2.94. The highest BCUT2D eigenvalue weighted by Gasteiger charge is 2.14. The van der Waals surface area contributed by atoms with E-state index in [0.29, 0.717) is 35.2 Å². The Labute approximate surface area is 139 Å². The van der Waals surface area contributed by atoms with Crippen molar-refractivity contribution in [2.45, 2.75) is 13.5 Å². The van der Waals surface area contributed by atoms with Gasteiger partial charge in [0.15, 0.2) is 11.5 Å². The first-order valence-electron chi connectivity index (χ1n) is 7.14. The van der Waals surface area contributed by atoms with Crippen LogP contribution in [0.4, 0.5) is 11.5 Å². The minimum absolute atomic E-state index is 0.0363. The second kappa shape index (κ2) is 7.49. The van der Waals surface area contributed by atoms with Crippen molar-refractivity contribution in [3.63, 3.8) is 0 Å². The topological polar surface area (TPSA) is 95.8 Å². The third kappa shape index (κ3) is 3.65. The largest absolute Gasteiger partial charge is 0.493 e. The minimum Gasteiger partial charge on any atom is -0.493 e. The number of hydrogen-bond donors (Lipinski definition) is 1. The van der Waals surface area contributed by atoms with Gasteiger partial charge in [0.25, 0.3) is 5.69 Å². The Hall–Kier alpha value is -3.03. The Morgan fingerprint density at radius 3 is 2.21 bits per heavy atom. The molecular formula is C16H19N3O5. The van der Waals surface area contributed by atoms with Crippen molar-refractivity contribution in [3.05, 3.63) is 45.6 Å². The number of hydrogen-bond acceptors (Lipinski definition) is 7. The van der Waals surface area contributed by atoms with E-state index in [1.54, 1.807) is 28.3 Å². The third-order valence-corrected chi connectivity index (χ3v) is 3.46. The minimum atomic E-state index is -0.469. The second-order valence-electron chi connectivity index (χ2n) is 5.00. The molecule has 0 saturated heterocycles. The summed E-state index contributed by atoms with van der Waals surface area (Å²) in [6, 6.07) is 5.13. The molecular weight excluding hydrogens is 314 g/mol. The Morgan fingerprint density at radius 2 is 1.75 bits per heavy atom. The lowest BCUT2D eigenvalue weighted by molar-refractivity contribution is -0.385. The van der Waals surface area contributed by atoms with Gasteiger partial charge in [0.1, 0.15) is 12.0 Å². The van der Waals surface area contributed by atoms with Gasteiger partial charge < -0.3 is 19.5 Å². The van der Waals surface area contributed by atoms with Crippen LogP contribution in [0.5, 0.6) is 17.2 Å². The van der Waals surface area contributed by atoms with E-state index in [2.05, 4.69) is 10.3 Å². The van der Waals surface area contributed by atoms with Crippen molar-refractivity contribution in [1.29, 1.82) is 0 Å². The van der Waals surface area contributed by atoms with Gasteiger partial charge in [0, 0.05) is 12.6 Å². The van der Waals surface area contributed by atoms with E-state index in [4.69, 9.17) is 14.2 Å². The van der Waals surface area contributed by atoms with Crippen LogP contribution in [-0.4, -0.2) is 31.2 Å². The van der Waals surface area contributed by atoms with Crippen molar-refractivity contribution in [2.75, 3.05) is 26.6 Å². The molecule has 0 fully saturated rings. The lowest BCUT2D eigenvalue weighted by atomic mass is 10.1. The number of aromatic nitrogens is 1. The van der Waals surface area contributed by atoms with Crippen LogP contribution in [-0.2, 0) is 6.54 Å². The number of pyridine rings is 1. The van der Waals surface area contributed by atoms with E-state index < -0.39 is 4.92 Å². The molecule has 2 rings (SSSR count). The second-order valence-corrected chi connectivity index (χ2v) is 5.00. The molecule has 1 heterocycles. The average molecular weight is 333 g/mol. The summed E-state index contributed by atoms with van der Waals surface area (Å²) < 4.78 is 15.9. The summed E-state index contributed by atoms with van der Waals surface area (Å²) in [5.74, 6) is 2.21. The lowest BCUT2D eigenvalue weighted by Crippen LogP contribution is -2.05. The maximum atomic E-state index is 10.8. The van der Waals surface area contributed by atoms with Gasteiger partial charge in [-0.1, -0.05) is 0 Å². The molecule has 0 aliphatic carbocycles. The van der Waals surface area contributed by atoms with Crippen molar-refractivity contribution in [3.8, 4) is 17.2 Å². The van der Waals surface area contributed by atoms with Gasteiger partial charge in [0.2, 0.25) is 5.75 Å². The van der Waals surface area contributed by atoms with Crippen LogP contribution in [0, 0.1) is 17.0 Å². The molecule has 128 valence electrons. The number of rotatable bonds is 7. The summed E-state index contributed by atoms with van der Waals surface area (Å²) in [5, 5.41) is 13.9. The lowest BCUT2D eigenvalue weighted by Gasteiger charge is -2.15. The first kappa shape index (κ1) is 17.3. The van der Waals surface area contributed by atoms with E-state index in [9.17, 15) is 10.1 Å². The zero-order valence-corrected chi connectivity index (χ0v) is 14.0. The first-order chi connectivity index (χ1) is 11.5. The number of methoxy groups -OCH3 is 3. The molecule has 8 heteroatoms. The molecule has 1 aromatic carbocycles. The molecule has 0 saturated carbocycles. The van der Waals surface area contributed by atoms with E-state index in [1.165, 1.54) is 12.3 Å². The Balaban J connectivity index is 2.21. The van der Waals surface area contributed by atoms with Crippen LogP contribution >= 0.6 is 0 Å². The normalized spacial score (nSPS) is 10.2. The fourth-order valence-corrected chi connectivity index (χ4v) is 2.27. The number of nitrogens with one attached hydrogen (secondary N) is 1. The average Bonchev–Trinajstić information content (AvgIpc) is 2.59. The van der Waals surface area contributed by atoms with E-state index in [-0.39, 0.29) is 5.69 Å². The summed E-state index contributed by atoms with van der Waals surface area (Å²) in [5.41, 5.74) is 1.55. The molecule has 2 aromatic rings. The van der Waals surface area contributed by atoms with Gasteiger partial charge in [-0.25, -0.2) is 4.98 Å². The SMILES string of the molecule is COc1cc(CNc2ncc([N+](=O)[O-])cc2C)cc(OC)c1OC. The number of nitrogens with zero attached hydrogens (tertiary/aromatic N) is 2. The fourth-order valence-electron chi connectivity index (χ4n) is 2.27. The van der Waals surface area contributed by atoms with Crippen LogP contribution in [0.15, 0.2) is 24.4 Å². The van der Waals surface area contributed by atoms with E-state index in [0.717, 1.165) is 5.56 Å². The molecule has 0 bridgehead atoms. The van der Waals surface area contributed by atoms with Gasteiger partial charge in [-0.15, -0.1) is 0 Å². The van der Waals surface area contributed by atoms with Gasteiger partial charge >= 0.3 is 0 Å². The Bertz CT molecular complexity index is 723. The van der Waals surface area contributed by atoms with Gasteiger partial charge in [-0.05, 0) is 30.2 Å². The van der Waals surface area contributed by atoms with Gasteiger partial charge in [-0.2, -0.15) is 0 Å². The quantitative estimate of drug-likeness (QED) is 0.614. The highest BCUT2D eigenvalue weighted by Crippen LogP contribution is 2.38. The van der Waals surface area contributed by atoms with E-state index >= 15 is 0 Å². The number of benzene rings is 1. The Kier molecular flexibility index (Phi) is 5.41. The van der Waals surface area contributed by atoms with Gasteiger partial charge in [-0.3, -0.25) is 10.1 Å². The number of aryl methyl sites for hydroxylation is 1. The molecule has 1 aromatic heterocycles. The van der Waals surface area contributed by atoms with Crippen LogP contribution in [0.3, 0.4) is 0 Å². The molecule has 1 N–H and O–H groups in total. The summed E-state index contributed by atoms with van der Waals surface area (Å²) in [4.78, 5) is 14.4. The molecule has 0 spiro atoms. The maximum absolute atomic E-state index is 10.8. The monoisotopic (exact) mass is 333 g/mol. The standard InChI is InChI=1S/C16H19N3O5/c1-10-5-12(19(20)21)9-18-16(10)17-8-11-6-13(22-2)15(24-4)14(7-11)23-3/h5-7,9H,8H2,1-4H3,(H,17,18). The third-order valence-electron chi connectivity index (χ3n) is 3.46. The van der Waals surface area contributed by atoms with Crippen molar-refractivity contribution >= 4 is 11.5 Å². The first-order valence-corrected chi connectivity index (χ1v) is 7.14. The van der Waals surface area contributed by atoms with E-state index in [1.807, 2.05) is 12.1 Å². The number of ether oxygens (including phenoxy) is 3. The van der Waals surface area contributed by atoms with Crippen molar-refractivity contribution in [2.24, 2.45) is 0 Å². The Morgan fingerprint density at radius 1 is 1.12 bits per heavy atom. The summed E-state index contributed by atoms with van der Waals surface area (Å²) in [6.07, 6.45) is 1.23. The molecule has 24 heavy (non-hydrogen) atoms. The summed E-state index contributed by atoms with van der Waals surface area (Å²) >= 11 is 0. The van der Waals surface area contributed by atoms with Crippen LogP contribution in [0.1, 0.15) is 11.1 Å². The fraction of sp³-hybridized carbons (Fsp3) is 0.312. The molecule has 0 aliphatic rings. The predicted molar refractivity (Wildman–Crippen MR) is 89.1 cm³/mol. The molecule has 0 radical (unpaired) electrons. The number of anilines is 1. The van der Waals surface area contributed by atoms with Crippen molar-refractivity contribution in [1.82, 2.24) is 4.98 Å². The van der Waals surface area contributed by atoms with Gasteiger partial charge in [0.05, 0.1) is 26.3 Å². The highest BCUT2D eigenvalue weighted by atomic mass is 16.6. The van der Waals surface area contributed by atoms with Crippen LogP contribution in [0.25, 0.3) is 0 Å². The zero-order valence-electron chi connectivity index (χ0n) is 14.0. The summed E-state index contributed by atoms with van der Waals surface area (Å²) in [6.45, 7) is 2.21. The molecule has 0 aliphatic heterocycles. The molecule has 0 amide bonds. The van der Waals surface area contributed by atoms with Crippen molar-refractivity contribution < 1.29 is 19.1 Å². The molecule has 8 nitrogen and oxygen atoms in total. The zero-order chi connectivity index (χ0) is 17.7.